The lowest BCUT2D eigenvalue weighted by atomic mass is 10.1. The van der Waals surface area contributed by atoms with Crippen molar-refractivity contribution in [3.05, 3.63) is 40.4 Å². The maximum Gasteiger partial charge on any atom is 0.340 e. The third-order valence-corrected chi connectivity index (χ3v) is 3.05. The molecule has 0 amide bonds. The van der Waals surface area contributed by atoms with Gasteiger partial charge in [0.1, 0.15) is 12.2 Å². The van der Waals surface area contributed by atoms with Crippen LogP contribution in [0.25, 0.3) is 5.69 Å². The zero-order valence-corrected chi connectivity index (χ0v) is 11.6. The van der Waals surface area contributed by atoms with Crippen LogP contribution in [0.15, 0.2) is 29.0 Å². The van der Waals surface area contributed by atoms with Crippen molar-refractivity contribution in [1.29, 1.82) is 0 Å². The number of aryl methyl sites for hydroxylation is 1. The molecule has 0 atom stereocenters. The van der Waals surface area contributed by atoms with Gasteiger partial charge in [0.2, 0.25) is 0 Å². The molecule has 2 rings (SSSR count). The number of halogens is 1. The Labute approximate surface area is 113 Å². The van der Waals surface area contributed by atoms with Gasteiger partial charge in [-0.25, -0.2) is 4.79 Å². The number of nitrogens with zero attached hydrogens (tertiary/aromatic N) is 3. The maximum atomic E-state index is 11.8. The normalized spacial score (nSPS) is 10.4. The predicted molar refractivity (Wildman–Crippen MR) is 69.8 cm³/mol. The minimum atomic E-state index is -0.387. The minimum absolute atomic E-state index is 0.387. The standard InChI is InChI=1S/C12H12BrN3O2/c1-3-11-15-14-7-16(11)10-5-4-8(13)6-9(10)12(17)18-2/h4-7H,3H2,1-2H3. The van der Waals surface area contributed by atoms with E-state index in [1.165, 1.54) is 7.11 Å². The smallest absolute Gasteiger partial charge is 0.340 e. The molecule has 94 valence electrons. The van der Waals surface area contributed by atoms with Gasteiger partial charge in [-0.05, 0) is 18.2 Å². The number of methoxy groups -OCH3 is 1. The van der Waals surface area contributed by atoms with E-state index < -0.39 is 0 Å². The molecule has 0 saturated carbocycles. The number of ether oxygens (including phenoxy) is 1. The molecule has 0 radical (unpaired) electrons. The van der Waals surface area contributed by atoms with E-state index >= 15 is 0 Å². The number of esters is 1. The molecule has 1 aromatic carbocycles. The number of aromatic nitrogens is 3. The van der Waals surface area contributed by atoms with Crippen molar-refractivity contribution in [2.24, 2.45) is 0 Å². The summed E-state index contributed by atoms with van der Waals surface area (Å²) in [6.45, 7) is 1.98. The second kappa shape index (κ2) is 5.30. The highest BCUT2D eigenvalue weighted by Gasteiger charge is 2.16. The van der Waals surface area contributed by atoms with Crippen molar-refractivity contribution in [1.82, 2.24) is 14.8 Å². The van der Waals surface area contributed by atoms with E-state index in [1.54, 1.807) is 17.0 Å². The second-order valence-corrected chi connectivity index (χ2v) is 4.54. The van der Waals surface area contributed by atoms with Gasteiger partial charge in [0.05, 0.1) is 18.4 Å². The lowest BCUT2D eigenvalue weighted by molar-refractivity contribution is 0.0600. The van der Waals surface area contributed by atoms with Crippen molar-refractivity contribution in [3.8, 4) is 5.69 Å². The van der Waals surface area contributed by atoms with Crippen LogP contribution in [0.1, 0.15) is 23.1 Å². The Balaban J connectivity index is 2.60. The van der Waals surface area contributed by atoms with E-state index in [4.69, 9.17) is 4.74 Å². The van der Waals surface area contributed by atoms with Gasteiger partial charge < -0.3 is 4.74 Å². The Bertz CT molecular complexity index is 580. The highest BCUT2D eigenvalue weighted by molar-refractivity contribution is 9.10. The molecule has 0 aliphatic rings. The lowest BCUT2D eigenvalue weighted by Crippen LogP contribution is -2.09. The molecule has 18 heavy (non-hydrogen) atoms. The molecular formula is C12H12BrN3O2. The van der Waals surface area contributed by atoms with Crippen LogP contribution in [-0.2, 0) is 11.2 Å². The van der Waals surface area contributed by atoms with Crippen LogP contribution in [0.3, 0.4) is 0 Å². The van der Waals surface area contributed by atoms with E-state index in [2.05, 4.69) is 26.1 Å². The molecule has 0 bridgehead atoms. The van der Waals surface area contributed by atoms with E-state index in [1.807, 2.05) is 19.1 Å². The first-order valence-corrected chi connectivity index (χ1v) is 6.23. The molecule has 6 heteroatoms. The summed E-state index contributed by atoms with van der Waals surface area (Å²) < 4.78 is 7.40. The Morgan fingerprint density at radius 2 is 2.28 bits per heavy atom. The Morgan fingerprint density at radius 1 is 1.50 bits per heavy atom. The van der Waals surface area contributed by atoms with E-state index in [0.29, 0.717) is 11.3 Å². The van der Waals surface area contributed by atoms with Crippen molar-refractivity contribution in [2.75, 3.05) is 7.11 Å². The van der Waals surface area contributed by atoms with Crippen molar-refractivity contribution in [3.63, 3.8) is 0 Å². The van der Waals surface area contributed by atoms with Gasteiger partial charge >= 0.3 is 5.97 Å². The quantitative estimate of drug-likeness (QED) is 0.817. The van der Waals surface area contributed by atoms with Gasteiger partial charge in [0, 0.05) is 10.9 Å². The highest BCUT2D eigenvalue weighted by atomic mass is 79.9. The fraction of sp³-hybridized carbons (Fsp3) is 0.250. The summed E-state index contributed by atoms with van der Waals surface area (Å²) in [6.07, 6.45) is 2.32. The lowest BCUT2D eigenvalue weighted by Gasteiger charge is -2.10. The van der Waals surface area contributed by atoms with Crippen LogP contribution in [-0.4, -0.2) is 27.8 Å². The molecule has 2 aromatic rings. The van der Waals surface area contributed by atoms with Gasteiger partial charge in [-0.2, -0.15) is 0 Å². The van der Waals surface area contributed by atoms with Crippen molar-refractivity contribution in [2.45, 2.75) is 13.3 Å². The van der Waals surface area contributed by atoms with Crippen LogP contribution in [0.2, 0.25) is 0 Å². The van der Waals surface area contributed by atoms with E-state index in [-0.39, 0.29) is 5.97 Å². The summed E-state index contributed by atoms with van der Waals surface area (Å²) >= 11 is 3.34. The van der Waals surface area contributed by atoms with E-state index in [9.17, 15) is 4.79 Å². The highest BCUT2D eigenvalue weighted by Crippen LogP contribution is 2.22. The van der Waals surface area contributed by atoms with Crippen LogP contribution in [0.5, 0.6) is 0 Å². The summed E-state index contributed by atoms with van der Waals surface area (Å²) in [6, 6.07) is 5.42. The Hall–Kier alpha value is -1.69. The molecule has 1 aromatic heterocycles. The van der Waals surface area contributed by atoms with Gasteiger partial charge in [-0.1, -0.05) is 22.9 Å². The number of benzene rings is 1. The topological polar surface area (TPSA) is 57.0 Å². The molecule has 0 fully saturated rings. The Kier molecular flexibility index (Phi) is 3.76. The van der Waals surface area contributed by atoms with Crippen LogP contribution >= 0.6 is 15.9 Å². The molecular weight excluding hydrogens is 298 g/mol. The maximum absolute atomic E-state index is 11.8. The monoisotopic (exact) mass is 309 g/mol. The summed E-state index contributed by atoms with van der Waals surface area (Å²) in [5.74, 6) is 0.407. The fourth-order valence-electron chi connectivity index (χ4n) is 1.69. The number of hydrogen-bond donors (Lipinski definition) is 0. The summed E-state index contributed by atoms with van der Waals surface area (Å²) in [5, 5.41) is 7.88. The summed E-state index contributed by atoms with van der Waals surface area (Å²) in [4.78, 5) is 11.8. The predicted octanol–water partition coefficient (Wildman–Crippen LogP) is 2.38. The number of carbonyl (C=O) groups is 1. The molecule has 0 unspecified atom stereocenters. The van der Waals surface area contributed by atoms with Crippen LogP contribution in [0, 0.1) is 0 Å². The molecule has 1 heterocycles. The van der Waals surface area contributed by atoms with Crippen molar-refractivity contribution >= 4 is 21.9 Å². The average Bonchev–Trinajstić information content (AvgIpc) is 2.85. The molecule has 5 nitrogen and oxygen atoms in total. The molecule has 0 aliphatic carbocycles. The molecule has 0 spiro atoms. The summed E-state index contributed by atoms with van der Waals surface area (Å²) in [7, 11) is 1.36. The van der Waals surface area contributed by atoms with Gasteiger partial charge in [-0.3, -0.25) is 4.57 Å². The zero-order valence-electron chi connectivity index (χ0n) is 10.1. The number of hydrogen-bond acceptors (Lipinski definition) is 4. The SMILES string of the molecule is CCc1nncn1-c1ccc(Br)cc1C(=O)OC. The summed E-state index contributed by atoms with van der Waals surface area (Å²) in [5.41, 5.74) is 1.19. The number of rotatable bonds is 3. The molecule has 0 N–H and O–H groups in total. The first-order valence-electron chi connectivity index (χ1n) is 5.44. The minimum Gasteiger partial charge on any atom is -0.465 e. The zero-order chi connectivity index (χ0) is 13.1. The van der Waals surface area contributed by atoms with E-state index in [0.717, 1.165) is 16.7 Å². The molecule has 0 saturated heterocycles. The van der Waals surface area contributed by atoms with Crippen LogP contribution in [0.4, 0.5) is 0 Å². The third-order valence-electron chi connectivity index (χ3n) is 2.56. The van der Waals surface area contributed by atoms with Crippen LogP contribution < -0.4 is 0 Å². The first kappa shape index (κ1) is 12.8. The largest absolute Gasteiger partial charge is 0.465 e. The van der Waals surface area contributed by atoms with Gasteiger partial charge in [0.25, 0.3) is 0 Å². The van der Waals surface area contributed by atoms with Gasteiger partial charge in [-0.15, -0.1) is 10.2 Å². The average molecular weight is 310 g/mol. The molecule has 0 aliphatic heterocycles. The second-order valence-electron chi connectivity index (χ2n) is 3.62. The third kappa shape index (κ3) is 2.28. The van der Waals surface area contributed by atoms with Gasteiger partial charge in [0.15, 0.2) is 0 Å². The number of carbonyl (C=O) groups excluding carboxylic acids is 1. The first-order chi connectivity index (χ1) is 8.67. The van der Waals surface area contributed by atoms with Crippen molar-refractivity contribution < 1.29 is 9.53 Å². The fourth-order valence-corrected chi connectivity index (χ4v) is 2.05. The Morgan fingerprint density at radius 3 is 2.94 bits per heavy atom.